The number of nitrogens with one attached hydrogen (secondary N) is 1. The zero-order valence-corrected chi connectivity index (χ0v) is 12.9. The van der Waals surface area contributed by atoms with Gasteiger partial charge in [-0.2, -0.15) is 0 Å². The first kappa shape index (κ1) is 15.9. The average Bonchev–Trinajstić information content (AvgIpc) is 2.41. The minimum absolute atomic E-state index is 0.452. The van der Waals surface area contributed by atoms with Gasteiger partial charge in [0, 0.05) is 37.0 Å². The molecular weight excluding hydrogens is 238 g/mol. The number of hydrogen-bond donors (Lipinski definition) is 1. The summed E-state index contributed by atoms with van der Waals surface area (Å²) in [5.41, 5.74) is 2.02. The van der Waals surface area contributed by atoms with Crippen LogP contribution in [-0.4, -0.2) is 42.7 Å². The van der Waals surface area contributed by atoms with Gasteiger partial charge in [0.1, 0.15) is 5.75 Å². The second kappa shape index (κ2) is 8.12. The second-order valence-corrected chi connectivity index (χ2v) is 4.91. The van der Waals surface area contributed by atoms with Gasteiger partial charge in [0.2, 0.25) is 0 Å². The highest BCUT2D eigenvalue weighted by Gasteiger charge is 2.07. The molecule has 4 nitrogen and oxygen atoms in total. The highest BCUT2D eigenvalue weighted by molar-refractivity contribution is 5.26. The molecule has 0 spiro atoms. The summed E-state index contributed by atoms with van der Waals surface area (Å²) < 4.78 is 5.27. The van der Waals surface area contributed by atoms with Crippen molar-refractivity contribution >= 4 is 0 Å². The molecule has 0 saturated carbocycles. The standard InChI is InChI=1S/C15H27N3O/c1-6-18(7-2)11-13(4)16-10-14-9-15(19-5)8-12(3)17-14/h8-9,13,16H,6-7,10-11H2,1-5H3. The van der Waals surface area contributed by atoms with E-state index in [0.717, 1.165) is 43.3 Å². The first-order chi connectivity index (χ1) is 9.08. The first-order valence-electron chi connectivity index (χ1n) is 7.06. The molecule has 0 aliphatic carbocycles. The van der Waals surface area contributed by atoms with E-state index in [1.54, 1.807) is 7.11 Å². The van der Waals surface area contributed by atoms with Crippen LogP contribution in [0.1, 0.15) is 32.2 Å². The fourth-order valence-electron chi connectivity index (χ4n) is 2.12. The van der Waals surface area contributed by atoms with Crippen LogP contribution in [0.25, 0.3) is 0 Å². The molecule has 1 heterocycles. The van der Waals surface area contributed by atoms with E-state index in [9.17, 15) is 0 Å². The molecule has 4 heteroatoms. The van der Waals surface area contributed by atoms with Gasteiger partial charge in [0.25, 0.3) is 0 Å². The summed E-state index contributed by atoms with van der Waals surface area (Å²) in [6, 6.07) is 4.39. The summed E-state index contributed by atoms with van der Waals surface area (Å²) in [6.07, 6.45) is 0. The first-order valence-corrected chi connectivity index (χ1v) is 7.06. The summed E-state index contributed by atoms with van der Waals surface area (Å²) in [4.78, 5) is 6.94. The second-order valence-electron chi connectivity index (χ2n) is 4.91. The number of pyridine rings is 1. The summed E-state index contributed by atoms with van der Waals surface area (Å²) in [6.45, 7) is 12.6. The minimum atomic E-state index is 0.452. The number of hydrogen-bond acceptors (Lipinski definition) is 4. The number of aryl methyl sites for hydroxylation is 1. The molecule has 0 aliphatic heterocycles. The van der Waals surface area contributed by atoms with Crippen molar-refractivity contribution in [3.05, 3.63) is 23.5 Å². The van der Waals surface area contributed by atoms with Crippen molar-refractivity contribution in [1.82, 2.24) is 15.2 Å². The van der Waals surface area contributed by atoms with Crippen molar-refractivity contribution in [3.63, 3.8) is 0 Å². The Balaban J connectivity index is 2.49. The van der Waals surface area contributed by atoms with E-state index in [4.69, 9.17) is 4.74 Å². The van der Waals surface area contributed by atoms with Crippen LogP contribution in [0.15, 0.2) is 12.1 Å². The monoisotopic (exact) mass is 265 g/mol. The topological polar surface area (TPSA) is 37.4 Å². The maximum atomic E-state index is 5.27. The van der Waals surface area contributed by atoms with Gasteiger partial charge in [-0.1, -0.05) is 13.8 Å². The summed E-state index contributed by atoms with van der Waals surface area (Å²) >= 11 is 0. The molecule has 0 aliphatic rings. The number of likely N-dealkylation sites (N-methyl/N-ethyl adjacent to an activating group) is 1. The zero-order chi connectivity index (χ0) is 14.3. The predicted octanol–water partition coefficient (Wildman–Crippen LogP) is 2.22. The van der Waals surface area contributed by atoms with E-state index in [-0.39, 0.29) is 0 Å². The Morgan fingerprint density at radius 3 is 2.58 bits per heavy atom. The van der Waals surface area contributed by atoms with Crippen LogP contribution < -0.4 is 10.1 Å². The normalized spacial score (nSPS) is 12.7. The van der Waals surface area contributed by atoms with Gasteiger partial charge in [-0.25, -0.2) is 0 Å². The van der Waals surface area contributed by atoms with Gasteiger partial charge in [0.05, 0.1) is 12.8 Å². The number of rotatable bonds is 8. The molecule has 1 aromatic rings. The molecule has 108 valence electrons. The highest BCUT2D eigenvalue weighted by Crippen LogP contribution is 2.13. The lowest BCUT2D eigenvalue weighted by Gasteiger charge is -2.23. The molecule has 19 heavy (non-hydrogen) atoms. The molecule has 0 radical (unpaired) electrons. The van der Waals surface area contributed by atoms with Gasteiger partial charge >= 0.3 is 0 Å². The van der Waals surface area contributed by atoms with Crippen LogP contribution in [-0.2, 0) is 6.54 Å². The molecule has 1 N–H and O–H groups in total. The van der Waals surface area contributed by atoms with E-state index in [2.05, 4.69) is 36.0 Å². The fourth-order valence-corrected chi connectivity index (χ4v) is 2.12. The molecule has 0 fully saturated rings. The van der Waals surface area contributed by atoms with Crippen molar-refractivity contribution < 1.29 is 4.74 Å². The maximum Gasteiger partial charge on any atom is 0.122 e. The quantitative estimate of drug-likeness (QED) is 0.782. The molecular formula is C15H27N3O. The number of ether oxygens (including phenoxy) is 1. The highest BCUT2D eigenvalue weighted by atomic mass is 16.5. The van der Waals surface area contributed by atoms with Crippen molar-refractivity contribution in [3.8, 4) is 5.75 Å². The predicted molar refractivity (Wildman–Crippen MR) is 79.6 cm³/mol. The van der Waals surface area contributed by atoms with Crippen molar-refractivity contribution in [2.45, 2.75) is 40.3 Å². The number of methoxy groups -OCH3 is 1. The lowest BCUT2D eigenvalue weighted by molar-refractivity contribution is 0.270. The van der Waals surface area contributed by atoms with E-state index in [1.165, 1.54) is 0 Å². The van der Waals surface area contributed by atoms with E-state index >= 15 is 0 Å². The lowest BCUT2D eigenvalue weighted by atomic mass is 10.2. The van der Waals surface area contributed by atoms with Crippen molar-refractivity contribution in [2.75, 3.05) is 26.7 Å². The fraction of sp³-hybridized carbons (Fsp3) is 0.667. The van der Waals surface area contributed by atoms with E-state index in [1.807, 2.05) is 19.1 Å². The third-order valence-corrected chi connectivity index (χ3v) is 3.27. The third kappa shape index (κ3) is 5.57. The Labute approximate surface area is 117 Å². The van der Waals surface area contributed by atoms with Gasteiger partial charge in [0.15, 0.2) is 0 Å². The largest absolute Gasteiger partial charge is 0.497 e. The van der Waals surface area contributed by atoms with Crippen LogP contribution in [0, 0.1) is 6.92 Å². The number of aromatic nitrogens is 1. The molecule has 1 rings (SSSR count). The molecule has 0 saturated heterocycles. The summed E-state index contributed by atoms with van der Waals surface area (Å²) in [5.74, 6) is 0.876. The Kier molecular flexibility index (Phi) is 6.81. The minimum Gasteiger partial charge on any atom is -0.497 e. The Bertz CT molecular complexity index is 378. The van der Waals surface area contributed by atoms with Crippen molar-refractivity contribution in [1.29, 1.82) is 0 Å². The average molecular weight is 265 g/mol. The zero-order valence-electron chi connectivity index (χ0n) is 12.9. The van der Waals surface area contributed by atoms with Crippen LogP contribution >= 0.6 is 0 Å². The molecule has 0 aromatic carbocycles. The number of nitrogens with zero attached hydrogens (tertiary/aromatic N) is 2. The SMILES string of the molecule is CCN(CC)CC(C)NCc1cc(OC)cc(C)n1. The third-order valence-electron chi connectivity index (χ3n) is 3.27. The van der Waals surface area contributed by atoms with Crippen LogP contribution in [0.2, 0.25) is 0 Å². The Morgan fingerprint density at radius 1 is 1.32 bits per heavy atom. The summed E-state index contributed by atoms with van der Waals surface area (Å²) in [5, 5.41) is 3.52. The summed E-state index contributed by atoms with van der Waals surface area (Å²) in [7, 11) is 1.69. The van der Waals surface area contributed by atoms with Crippen LogP contribution in [0.5, 0.6) is 5.75 Å². The lowest BCUT2D eigenvalue weighted by Crippen LogP contribution is -2.38. The van der Waals surface area contributed by atoms with E-state index in [0.29, 0.717) is 6.04 Å². The Morgan fingerprint density at radius 2 is 2.00 bits per heavy atom. The smallest absolute Gasteiger partial charge is 0.122 e. The molecule has 0 bridgehead atoms. The maximum absolute atomic E-state index is 5.27. The van der Waals surface area contributed by atoms with Crippen LogP contribution in [0.4, 0.5) is 0 Å². The van der Waals surface area contributed by atoms with Gasteiger partial charge in [-0.05, 0) is 26.9 Å². The van der Waals surface area contributed by atoms with Crippen molar-refractivity contribution in [2.24, 2.45) is 0 Å². The van der Waals surface area contributed by atoms with Crippen LogP contribution in [0.3, 0.4) is 0 Å². The van der Waals surface area contributed by atoms with E-state index < -0.39 is 0 Å². The molecule has 1 unspecified atom stereocenters. The van der Waals surface area contributed by atoms with Gasteiger partial charge in [-0.3, -0.25) is 4.98 Å². The molecule has 1 atom stereocenters. The molecule has 0 amide bonds. The Hall–Kier alpha value is -1.13. The van der Waals surface area contributed by atoms with Gasteiger partial charge in [-0.15, -0.1) is 0 Å². The molecule has 1 aromatic heterocycles. The van der Waals surface area contributed by atoms with Gasteiger partial charge < -0.3 is 15.0 Å².